The quantitative estimate of drug-likeness (QED) is 0.696. The van der Waals surface area contributed by atoms with Crippen molar-refractivity contribution in [1.29, 1.82) is 0 Å². The second-order valence-electron chi connectivity index (χ2n) is 4.37. The lowest BCUT2D eigenvalue weighted by Crippen LogP contribution is -2.15. The maximum atomic E-state index is 13.3. The van der Waals surface area contributed by atoms with Crippen LogP contribution in [0.4, 0.5) is 4.39 Å². The van der Waals surface area contributed by atoms with E-state index in [-0.39, 0.29) is 10.0 Å². The molecule has 0 spiro atoms. The first kappa shape index (κ1) is 15.7. The second kappa shape index (κ2) is 5.77. The summed E-state index contributed by atoms with van der Waals surface area (Å²) < 4.78 is 44.7. The van der Waals surface area contributed by atoms with Gasteiger partial charge in [-0.1, -0.05) is 22.9 Å². The Morgan fingerprint density at radius 1 is 1.27 bits per heavy atom. The molecule has 0 bridgehead atoms. The molecule has 0 atom stereocenters. The van der Waals surface area contributed by atoms with Crippen molar-refractivity contribution in [2.75, 3.05) is 0 Å². The fourth-order valence-corrected chi connectivity index (χ4v) is 5.79. The van der Waals surface area contributed by atoms with Gasteiger partial charge in [0.1, 0.15) is 10.0 Å². The largest absolute Gasteiger partial charge is 0.316 e. The molecule has 0 radical (unpaired) electrons. The number of halogens is 2. The predicted molar refractivity (Wildman–Crippen MR) is 87.5 cm³/mol. The molecule has 0 fully saturated rings. The third-order valence-electron chi connectivity index (χ3n) is 2.96. The third kappa shape index (κ3) is 2.83. The average Bonchev–Trinajstić information content (AvgIpc) is 3.01. The van der Waals surface area contributed by atoms with Gasteiger partial charge in [-0.2, -0.15) is 8.42 Å². The van der Waals surface area contributed by atoms with E-state index in [1.54, 1.807) is 10.6 Å². The van der Waals surface area contributed by atoms with Crippen LogP contribution in [-0.4, -0.2) is 13.0 Å². The number of thiophene rings is 1. The van der Waals surface area contributed by atoms with E-state index in [1.807, 2.05) is 6.92 Å². The third-order valence-corrected chi connectivity index (χ3v) is 7.08. The number of sulfonamides is 1. The van der Waals surface area contributed by atoms with Crippen LogP contribution in [-0.2, 0) is 16.6 Å². The van der Waals surface area contributed by atoms with E-state index >= 15 is 0 Å². The zero-order valence-corrected chi connectivity index (χ0v) is 14.5. The fraction of sp³-hybridized carbons (Fsp3) is 0.154. The molecule has 0 aliphatic carbocycles. The van der Waals surface area contributed by atoms with Crippen molar-refractivity contribution in [1.82, 2.24) is 4.57 Å². The van der Waals surface area contributed by atoms with Crippen molar-refractivity contribution < 1.29 is 12.8 Å². The van der Waals surface area contributed by atoms with Crippen LogP contribution in [0.2, 0.25) is 4.34 Å². The number of aryl methyl sites for hydroxylation is 1. The van der Waals surface area contributed by atoms with Gasteiger partial charge in [-0.3, -0.25) is 0 Å². The predicted octanol–water partition coefficient (Wildman–Crippen LogP) is 3.87. The minimum Gasteiger partial charge on any atom is -0.316 e. The molecule has 0 aliphatic heterocycles. The minimum absolute atomic E-state index is 0.0868. The first-order chi connectivity index (χ1) is 10.4. The number of hydrogen-bond donors (Lipinski definition) is 0. The van der Waals surface area contributed by atoms with Gasteiger partial charge >= 0.3 is 0 Å². The molecule has 0 N–H and O–H groups in total. The van der Waals surface area contributed by atoms with E-state index < -0.39 is 10.0 Å². The molecule has 3 aromatic rings. The Bertz CT molecular complexity index is 1020. The molecule has 9 heteroatoms. The van der Waals surface area contributed by atoms with Gasteiger partial charge in [0.15, 0.2) is 0 Å². The van der Waals surface area contributed by atoms with Gasteiger partial charge in [0, 0.05) is 6.54 Å². The molecule has 116 valence electrons. The summed E-state index contributed by atoms with van der Waals surface area (Å²) in [4.78, 5) is 0.313. The summed E-state index contributed by atoms with van der Waals surface area (Å²) in [5.41, 5.74) is 0.757. The lowest BCUT2D eigenvalue weighted by molar-refractivity contribution is 0.597. The summed E-state index contributed by atoms with van der Waals surface area (Å²) in [5.74, 6) is -0.364. The molecule has 4 nitrogen and oxygen atoms in total. The maximum absolute atomic E-state index is 13.3. The number of nitrogens with zero attached hydrogens (tertiary/aromatic N) is 2. The lowest BCUT2D eigenvalue weighted by atomic mass is 10.3. The Kier molecular flexibility index (Phi) is 4.11. The van der Waals surface area contributed by atoms with E-state index in [0.29, 0.717) is 20.4 Å². The van der Waals surface area contributed by atoms with E-state index in [1.165, 1.54) is 24.3 Å². The Balaban J connectivity index is 2.25. The van der Waals surface area contributed by atoms with Crippen LogP contribution in [0, 0.1) is 5.82 Å². The Morgan fingerprint density at radius 2 is 2.05 bits per heavy atom. The lowest BCUT2D eigenvalue weighted by Gasteiger charge is -2.00. The number of hydrogen-bond acceptors (Lipinski definition) is 4. The van der Waals surface area contributed by atoms with Crippen LogP contribution in [0.3, 0.4) is 0 Å². The molecule has 0 saturated carbocycles. The SMILES string of the molecule is CCn1c(=NS(=O)(=O)c2ccc(Cl)s2)sc2cc(F)ccc21. The maximum Gasteiger partial charge on any atom is 0.294 e. The highest BCUT2D eigenvalue weighted by molar-refractivity contribution is 7.92. The first-order valence-electron chi connectivity index (χ1n) is 6.26. The zero-order chi connectivity index (χ0) is 15.9. The van der Waals surface area contributed by atoms with Gasteiger partial charge in [-0.25, -0.2) is 4.39 Å². The Hall–Kier alpha value is -1.22. The topological polar surface area (TPSA) is 51.4 Å². The highest BCUT2D eigenvalue weighted by Gasteiger charge is 2.17. The summed E-state index contributed by atoms with van der Waals surface area (Å²) >= 11 is 7.87. The van der Waals surface area contributed by atoms with Crippen molar-refractivity contribution in [2.45, 2.75) is 17.7 Å². The molecule has 0 aliphatic rings. The minimum atomic E-state index is -3.83. The van der Waals surface area contributed by atoms with Crippen LogP contribution in [0.5, 0.6) is 0 Å². The van der Waals surface area contributed by atoms with Gasteiger partial charge < -0.3 is 4.57 Å². The molecule has 0 amide bonds. The molecular formula is C13H10ClFN2O2S3. The molecule has 1 aromatic carbocycles. The second-order valence-corrected chi connectivity index (χ2v) is 8.92. The zero-order valence-electron chi connectivity index (χ0n) is 11.3. The van der Waals surface area contributed by atoms with E-state index in [2.05, 4.69) is 4.40 Å². The summed E-state index contributed by atoms with van der Waals surface area (Å²) in [6, 6.07) is 7.29. The van der Waals surface area contributed by atoms with Gasteiger partial charge in [-0.15, -0.1) is 15.7 Å². The van der Waals surface area contributed by atoms with E-state index in [0.717, 1.165) is 28.2 Å². The fourth-order valence-electron chi connectivity index (χ4n) is 2.01. The van der Waals surface area contributed by atoms with Gasteiger partial charge in [0.05, 0.1) is 14.6 Å². The van der Waals surface area contributed by atoms with E-state index in [9.17, 15) is 12.8 Å². The van der Waals surface area contributed by atoms with Crippen molar-refractivity contribution in [2.24, 2.45) is 4.40 Å². The van der Waals surface area contributed by atoms with Crippen LogP contribution >= 0.6 is 34.3 Å². The number of benzene rings is 1. The van der Waals surface area contributed by atoms with Crippen molar-refractivity contribution >= 4 is 54.5 Å². The van der Waals surface area contributed by atoms with Gasteiger partial charge in [-0.05, 0) is 37.3 Å². The van der Waals surface area contributed by atoms with Crippen molar-refractivity contribution in [3.8, 4) is 0 Å². The van der Waals surface area contributed by atoms with Crippen molar-refractivity contribution in [3.63, 3.8) is 0 Å². The van der Waals surface area contributed by atoms with Crippen LogP contribution in [0.25, 0.3) is 10.2 Å². The van der Waals surface area contributed by atoms with Crippen molar-refractivity contribution in [3.05, 3.63) is 45.3 Å². The highest BCUT2D eigenvalue weighted by Crippen LogP contribution is 2.27. The Labute approximate surface area is 139 Å². The smallest absolute Gasteiger partial charge is 0.294 e. The molecule has 0 unspecified atom stereocenters. The number of thiazole rings is 1. The summed E-state index contributed by atoms with van der Waals surface area (Å²) in [7, 11) is -3.83. The normalized spacial score (nSPS) is 13.1. The molecule has 2 aromatic heterocycles. The summed E-state index contributed by atoms with van der Waals surface area (Å²) in [5, 5.41) is 0. The average molecular weight is 377 g/mol. The van der Waals surface area contributed by atoms with Gasteiger partial charge in [0.2, 0.25) is 4.80 Å². The first-order valence-corrected chi connectivity index (χ1v) is 9.71. The summed E-state index contributed by atoms with van der Waals surface area (Å²) in [6.07, 6.45) is 0. The molecular weight excluding hydrogens is 367 g/mol. The van der Waals surface area contributed by atoms with Gasteiger partial charge in [0.25, 0.3) is 10.0 Å². The number of aromatic nitrogens is 1. The number of fused-ring (bicyclic) bond motifs is 1. The Morgan fingerprint density at radius 3 is 2.68 bits per heavy atom. The number of rotatable bonds is 3. The van der Waals surface area contributed by atoms with Crippen LogP contribution < -0.4 is 4.80 Å². The molecule has 0 saturated heterocycles. The standard InChI is InChI=1S/C13H10ClFN2O2S3/c1-2-17-9-4-3-8(15)7-10(9)20-13(17)16-22(18,19)12-6-5-11(14)21-12/h3-7H,2H2,1H3. The van der Waals surface area contributed by atoms with Crippen LogP contribution in [0.1, 0.15) is 6.92 Å². The summed E-state index contributed by atoms with van der Waals surface area (Å²) in [6.45, 7) is 2.41. The van der Waals surface area contributed by atoms with E-state index in [4.69, 9.17) is 11.6 Å². The van der Waals surface area contributed by atoms with Crippen LogP contribution in [0.15, 0.2) is 38.9 Å². The molecule has 2 heterocycles. The monoisotopic (exact) mass is 376 g/mol. The molecule has 22 heavy (non-hydrogen) atoms. The molecule has 3 rings (SSSR count). The highest BCUT2D eigenvalue weighted by atomic mass is 35.5.